The lowest BCUT2D eigenvalue weighted by molar-refractivity contribution is 0.305. The first-order chi connectivity index (χ1) is 9.79. The Balaban J connectivity index is 1.89. The van der Waals surface area contributed by atoms with Crippen molar-refractivity contribution in [2.45, 2.75) is 32.6 Å². The Morgan fingerprint density at radius 2 is 1.85 bits per heavy atom. The van der Waals surface area contributed by atoms with Crippen LogP contribution >= 0.6 is 0 Å². The fraction of sp³-hybridized carbons (Fsp3) is 0.375. The summed E-state index contributed by atoms with van der Waals surface area (Å²) >= 11 is 0. The minimum Gasteiger partial charge on any atom is -0.494 e. The maximum atomic E-state index is 11.0. The van der Waals surface area contributed by atoms with Crippen molar-refractivity contribution in [2.75, 3.05) is 6.61 Å². The maximum Gasteiger partial charge on any atom is 0.264 e. The summed E-state index contributed by atoms with van der Waals surface area (Å²) in [6.45, 7) is 2.96. The predicted octanol–water partition coefficient (Wildman–Crippen LogP) is 3.40. The Bertz CT molecular complexity index is 555. The third-order valence-corrected chi connectivity index (χ3v) is 3.10. The molecule has 0 atom stereocenters. The number of hydrogen-bond donors (Lipinski definition) is 1. The zero-order valence-corrected chi connectivity index (χ0v) is 11.8. The second-order valence-corrected chi connectivity index (χ2v) is 4.74. The van der Waals surface area contributed by atoms with Crippen molar-refractivity contribution < 1.29 is 4.74 Å². The van der Waals surface area contributed by atoms with E-state index in [0.717, 1.165) is 30.0 Å². The molecular weight excluding hydrogens is 252 g/mol. The van der Waals surface area contributed by atoms with Crippen LogP contribution in [0.5, 0.6) is 5.75 Å². The minimum absolute atomic E-state index is 0.194. The highest BCUT2D eigenvalue weighted by Crippen LogP contribution is 2.19. The molecule has 0 aliphatic heterocycles. The molecule has 4 heteroatoms. The van der Waals surface area contributed by atoms with E-state index in [9.17, 15) is 4.79 Å². The van der Waals surface area contributed by atoms with E-state index in [1.165, 1.54) is 25.3 Å². The van der Waals surface area contributed by atoms with Gasteiger partial charge in [0, 0.05) is 11.6 Å². The molecule has 0 saturated carbocycles. The van der Waals surface area contributed by atoms with Crippen LogP contribution < -0.4 is 10.3 Å². The van der Waals surface area contributed by atoms with Crippen molar-refractivity contribution in [1.29, 1.82) is 0 Å². The molecule has 1 aromatic carbocycles. The van der Waals surface area contributed by atoms with Gasteiger partial charge in [-0.25, -0.2) is 5.10 Å². The zero-order chi connectivity index (χ0) is 14.2. The van der Waals surface area contributed by atoms with Crippen LogP contribution in [0.1, 0.15) is 32.6 Å². The van der Waals surface area contributed by atoms with Crippen molar-refractivity contribution in [3.63, 3.8) is 0 Å². The highest BCUT2D eigenvalue weighted by atomic mass is 16.5. The monoisotopic (exact) mass is 272 g/mol. The van der Waals surface area contributed by atoms with Crippen LogP contribution in [0.2, 0.25) is 0 Å². The molecule has 0 amide bonds. The lowest BCUT2D eigenvalue weighted by atomic mass is 10.1. The van der Waals surface area contributed by atoms with Gasteiger partial charge in [0.05, 0.1) is 12.3 Å². The summed E-state index contributed by atoms with van der Waals surface area (Å²) in [7, 11) is 0. The topological polar surface area (TPSA) is 55.0 Å². The van der Waals surface area contributed by atoms with E-state index < -0.39 is 0 Å². The molecule has 0 saturated heterocycles. The molecule has 1 heterocycles. The largest absolute Gasteiger partial charge is 0.494 e. The second kappa shape index (κ2) is 7.48. The number of ether oxygens (including phenoxy) is 1. The smallest absolute Gasteiger partial charge is 0.264 e. The fourth-order valence-corrected chi connectivity index (χ4v) is 1.95. The van der Waals surface area contributed by atoms with E-state index >= 15 is 0 Å². The van der Waals surface area contributed by atoms with Gasteiger partial charge >= 0.3 is 0 Å². The summed E-state index contributed by atoms with van der Waals surface area (Å²) in [5.74, 6) is 0.870. The number of rotatable bonds is 7. The molecule has 0 aliphatic carbocycles. The van der Waals surface area contributed by atoms with Crippen LogP contribution in [0.25, 0.3) is 11.3 Å². The third-order valence-electron chi connectivity index (χ3n) is 3.10. The number of nitrogens with one attached hydrogen (secondary N) is 1. The number of benzene rings is 1. The molecule has 0 unspecified atom stereocenters. The van der Waals surface area contributed by atoms with Gasteiger partial charge in [-0.1, -0.05) is 26.2 Å². The van der Waals surface area contributed by atoms with Crippen LogP contribution in [0, 0.1) is 0 Å². The fourth-order valence-electron chi connectivity index (χ4n) is 1.95. The lowest BCUT2D eigenvalue weighted by Gasteiger charge is -2.06. The summed E-state index contributed by atoms with van der Waals surface area (Å²) in [5, 5.41) is 6.43. The van der Waals surface area contributed by atoms with Gasteiger partial charge in [-0.05, 0) is 36.8 Å². The Kier molecular flexibility index (Phi) is 5.35. The van der Waals surface area contributed by atoms with E-state index in [1.54, 1.807) is 6.07 Å². The standard InChI is InChI=1S/C16H20N2O2/c1-2-3-4-5-12-20-14-8-6-13(7-9-14)15-10-11-16(19)18-17-15/h6-11H,2-5,12H2,1H3,(H,18,19). The molecule has 0 radical (unpaired) electrons. The number of H-pyrrole nitrogens is 1. The maximum absolute atomic E-state index is 11.0. The van der Waals surface area contributed by atoms with Crippen molar-refractivity contribution in [2.24, 2.45) is 0 Å². The zero-order valence-electron chi connectivity index (χ0n) is 11.8. The highest BCUT2D eigenvalue weighted by molar-refractivity contribution is 5.59. The number of aromatic amines is 1. The Hall–Kier alpha value is -2.10. The molecule has 2 aromatic rings. The second-order valence-electron chi connectivity index (χ2n) is 4.74. The lowest BCUT2D eigenvalue weighted by Crippen LogP contribution is -2.05. The van der Waals surface area contributed by atoms with Crippen LogP contribution in [0.15, 0.2) is 41.2 Å². The summed E-state index contributed by atoms with van der Waals surface area (Å²) in [4.78, 5) is 11.0. The number of aromatic nitrogens is 2. The van der Waals surface area contributed by atoms with Gasteiger partial charge in [0.2, 0.25) is 0 Å². The van der Waals surface area contributed by atoms with Gasteiger partial charge in [0.25, 0.3) is 5.56 Å². The Labute approximate surface area is 118 Å². The molecule has 0 bridgehead atoms. The van der Waals surface area contributed by atoms with Crippen molar-refractivity contribution in [3.05, 3.63) is 46.8 Å². The van der Waals surface area contributed by atoms with E-state index in [2.05, 4.69) is 17.1 Å². The Morgan fingerprint density at radius 1 is 1.05 bits per heavy atom. The summed E-state index contributed by atoms with van der Waals surface area (Å²) < 4.78 is 5.68. The van der Waals surface area contributed by atoms with Gasteiger partial charge in [0.15, 0.2) is 0 Å². The van der Waals surface area contributed by atoms with Crippen LogP contribution in [-0.4, -0.2) is 16.8 Å². The molecule has 4 nitrogen and oxygen atoms in total. The number of hydrogen-bond acceptors (Lipinski definition) is 3. The first-order valence-electron chi connectivity index (χ1n) is 7.08. The average molecular weight is 272 g/mol. The van der Waals surface area contributed by atoms with Crippen molar-refractivity contribution in [1.82, 2.24) is 10.2 Å². The SMILES string of the molecule is CCCCCCOc1ccc(-c2ccc(=O)[nH]n2)cc1. The molecule has 0 aliphatic rings. The predicted molar refractivity (Wildman–Crippen MR) is 79.9 cm³/mol. The highest BCUT2D eigenvalue weighted by Gasteiger charge is 2.00. The molecular formula is C16H20N2O2. The molecule has 20 heavy (non-hydrogen) atoms. The van der Waals surface area contributed by atoms with Gasteiger partial charge in [-0.3, -0.25) is 4.79 Å². The molecule has 1 N–H and O–H groups in total. The number of unbranched alkanes of at least 4 members (excludes halogenated alkanes) is 3. The van der Waals surface area contributed by atoms with Gasteiger partial charge in [0.1, 0.15) is 5.75 Å². The number of nitrogens with zero attached hydrogens (tertiary/aromatic N) is 1. The van der Waals surface area contributed by atoms with E-state index in [0.29, 0.717) is 0 Å². The minimum atomic E-state index is -0.194. The first-order valence-corrected chi connectivity index (χ1v) is 7.08. The van der Waals surface area contributed by atoms with Crippen LogP contribution in [-0.2, 0) is 0 Å². The summed E-state index contributed by atoms with van der Waals surface area (Å²) in [6.07, 6.45) is 4.81. The normalized spacial score (nSPS) is 10.4. The quantitative estimate of drug-likeness (QED) is 0.786. The molecule has 1 aromatic heterocycles. The van der Waals surface area contributed by atoms with Crippen molar-refractivity contribution >= 4 is 0 Å². The first kappa shape index (κ1) is 14.3. The van der Waals surface area contributed by atoms with Crippen LogP contribution in [0.3, 0.4) is 0 Å². The summed E-state index contributed by atoms with van der Waals surface area (Å²) in [6, 6.07) is 10.9. The molecule has 0 fully saturated rings. The van der Waals surface area contributed by atoms with Crippen LogP contribution in [0.4, 0.5) is 0 Å². The van der Waals surface area contributed by atoms with E-state index in [1.807, 2.05) is 24.3 Å². The Morgan fingerprint density at radius 3 is 2.50 bits per heavy atom. The molecule has 2 rings (SSSR count). The van der Waals surface area contributed by atoms with Gasteiger partial charge < -0.3 is 4.74 Å². The van der Waals surface area contributed by atoms with Crippen molar-refractivity contribution in [3.8, 4) is 17.0 Å². The third kappa shape index (κ3) is 4.23. The van der Waals surface area contributed by atoms with E-state index in [4.69, 9.17) is 4.74 Å². The molecule has 0 spiro atoms. The van der Waals surface area contributed by atoms with Gasteiger partial charge in [-0.15, -0.1) is 0 Å². The molecule has 106 valence electrons. The van der Waals surface area contributed by atoms with E-state index in [-0.39, 0.29) is 5.56 Å². The summed E-state index contributed by atoms with van der Waals surface area (Å²) in [5.41, 5.74) is 1.51. The van der Waals surface area contributed by atoms with Gasteiger partial charge in [-0.2, -0.15) is 5.10 Å². The average Bonchev–Trinajstić information content (AvgIpc) is 2.49.